The molecule has 0 aliphatic heterocycles. The summed E-state index contributed by atoms with van der Waals surface area (Å²) in [7, 11) is 1.59. The van der Waals surface area contributed by atoms with Crippen molar-refractivity contribution in [2.45, 2.75) is 33.6 Å². The van der Waals surface area contributed by atoms with E-state index in [1.54, 1.807) is 43.5 Å². The molecule has 8 nitrogen and oxygen atoms in total. The SMILES string of the molecule is CCOc1cc(NC(=O)c2ccccc2)c(OCC)cc1NC(=O)CCc1ccc(OCC)c(OC)c1. The highest BCUT2D eigenvalue weighted by Crippen LogP contribution is 2.37. The van der Waals surface area contributed by atoms with Crippen LogP contribution in [0, 0.1) is 0 Å². The fourth-order valence-electron chi connectivity index (χ4n) is 3.70. The molecule has 0 heterocycles. The number of anilines is 2. The van der Waals surface area contributed by atoms with E-state index in [2.05, 4.69) is 10.6 Å². The molecule has 0 aliphatic carbocycles. The van der Waals surface area contributed by atoms with Crippen LogP contribution >= 0.6 is 0 Å². The number of aryl methyl sites for hydroxylation is 1. The lowest BCUT2D eigenvalue weighted by molar-refractivity contribution is -0.116. The van der Waals surface area contributed by atoms with Gasteiger partial charge >= 0.3 is 0 Å². The maximum Gasteiger partial charge on any atom is 0.255 e. The standard InChI is InChI=1S/C29H34N2O6/c1-5-35-24-15-13-20(17-27(24)34-4)14-16-28(32)30-22-18-26(37-7-3)23(19-25(22)36-6-2)31-29(33)21-11-9-8-10-12-21/h8-13,15,17-19H,5-7,14,16H2,1-4H3,(H,30,32)(H,31,33). The highest BCUT2D eigenvalue weighted by Gasteiger charge is 2.17. The quantitative estimate of drug-likeness (QED) is 0.308. The Kier molecular flexibility index (Phi) is 10.2. The first-order valence-corrected chi connectivity index (χ1v) is 12.4. The van der Waals surface area contributed by atoms with Gasteiger partial charge < -0.3 is 29.6 Å². The summed E-state index contributed by atoms with van der Waals surface area (Å²) < 4.78 is 22.5. The first-order chi connectivity index (χ1) is 18.0. The molecule has 0 bridgehead atoms. The van der Waals surface area contributed by atoms with E-state index >= 15 is 0 Å². The Bertz CT molecular complexity index is 1200. The number of hydrogen-bond donors (Lipinski definition) is 2. The molecule has 8 heteroatoms. The Morgan fingerprint density at radius 1 is 0.703 bits per heavy atom. The molecular formula is C29H34N2O6. The molecule has 0 saturated carbocycles. The predicted molar refractivity (Wildman–Crippen MR) is 144 cm³/mol. The lowest BCUT2D eigenvalue weighted by atomic mass is 10.1. The third kappa shape index (κ3) is 7.64. The van der Waals surface area contributed by atoms with Crippen LogP contribution < -0.4 is 29.6 Å². The summed E-state index contributed by atoms with van der Waals surface area (Å²) in [5.41, 5.74) is 2.40. The summed E-state index contributed by atoms with van der Waals surface area (Å²) in [6.45, 7) is 6.92. The Balaban J connectivity index is 1.76. The van der Waals surface area contributed by atoms with Crippen molar-refractivity contribution < 1.29 is 28.5 Å². The zero-order chi connectivity index (χ0) is 26.6. The lowest BCUT2D eigenvalue weighted by Crippen LogP contribution is -2.16. The summed E-state index contributed by atoms with van der Waals surface area (Å²) in [6, 6.07) is 17.9. The number of carbonyl (C=O) groups is 2. The molecule has 2 amide bonds. The van der Waals surface area contributed by atoms with Crippen LogP contribution in [0.25, 0.3) is 0 Å². The van der Waals surface area contributed by atoms with Crippen molar-refractivity contribution in [3.05, 3.63) is 71.8 Å². The molecule has 0 aliphatic rings. The van der Waals surface area contributed by atoms with Crippen LogP contribution in [0.4, 0.5) is 11.4 Å². The van der Waals surface area contributed by atoms with Gasteiger partial charge in [-0.15, -0.1) is 0 Å². The summed E-state index contributed by atoms with van der Waals surface area (Å²) >= 11 is 0. The minimum atomic E-state index is -0.272. The average molecular weight is 507 g/mol. The van der Waals surface area contributed by atoms with Crippen molar-refractivity contribution in [2.75, 3.05) is 37.6 Å². The number of amides is 2. The molecule has 3 rings (SSSR count). The molecule has 37 heavy (non-hydrogen) atoms. The Hall–Kier alpha value is -4.20. The molecule has 0 fully saturated rings. The number of methoxy groups -OCH3 is 1. The number of nitrogens with one attached hydrogen (secondary N) is 2. The molecule has 0 atom stereocenters. The number of hydrogen-bond acceptors (Lipinski definition) is 6. The van der Waals surface area contributed by atoms with Crippen LogP contribution in [0.5, 0.6) is 23.0 Å². The van der Waals surface area contributed by atoms with Crippen LogP contribution in [0.15, 0.2) is 60.7 Å². The third-order valence-corrected chi connectivity index (χ3v) is 5.41. The second-order valence-corrected chi connectivity index (χ2v) is 8.00. The number of rotatable bonds is 13. The summed E-state index contributed by atoms with van der Waals surface area (Å²) in [5, 5.41) is 5.81. The normalized spacial score (nSPS) is 10.4. The second kappa shape index (κ2) is 13.8. The van der Waals surface area contributed by atoms with Gasteiger partial charge in [-0.2, -0.15) is 0 Å². The number of ether oxygens (including phenoxy) is 4. The Morgan fingerprint density at radius 3 is 1.89 bits per heavy atom. The lowest BCUT2D eigenvalue weighted by Gasteiger charge is -2.18. The maximum absolute atomic E-state index is 12.8. The highest BCUT2D eigenvalue weighted by molar-refractivity contribution is 6.05. The first-order valence-electron chi connectivity index (χ1n) is 12.4. The predicted octanol–water partition coefficient (Wildman–Crippen LogP) is 5.71. The van der Waals surface area contributed by atoms with Gasteiger partial charge in [0.05, 0.1) is 38.3 Å². The van der Waals surface area contributed by atoms with Crippen LogP contribution in [-0.4, -0.2) is 38.7 Å². The monoisotopic (exact) mass is 506 g/mol. The van der Waals surface area contributed by atoms with E-state index in [0.29, 0.717) is 66.2 Å². The third-order valence-electron chi connectivity index (χ3n) is 5.41. The van der Waals surface area contributed by atoms with Gasteiger partial charge in [-0.3, -0.25) is 9.59 Å². The first kappa shape index (κ1) is 27.4. The van der Waals surface area contributed by atoms with Crippen molar-refractivity contribution >= 4 is 23.2 Å². The van der Waals surface area contributed by atoms with Gasteiger partial charge in [-0.05, 0) is 57.0 Å². The summed E-state index contributed by atoms with van der Waals surface area (Å²) in [5.74, 6) is 1.71. The summed E-state index contributed by atoms with van der Waals surface area (Å²) in [4.78, 5) is 25.6. The van der Waals surface area contributed by atoms with Crippen molar-refractivity contribution in [1.29, 1.82) is 0 Å². The van der Waals surface area contributed by atoms with Crippen LogP contribution in [0.3, 0.4) is 0 Å². The number of carbonyl (C=O) groups excluding carboxylic acids is 2. The molecule has 0 aromatic heterocycles. The van der Waals surface area contributed by atoms with E-state index in [-0.39, 0.29) is 18.2 Å². The van der Waals surface area contributed by atoms with Crippen LogP contribution in [0.2, 0.25) is 0 Å². The fraction of sp³-hybridized carbons (Fsp3) is 0.310. The van der Waals surface area contributed by atoms with E-state index in [1.807, 2.05) is 45.0 Å². The Morgan fingerprint density at radius 2 is 1.30 bits per heavy atom. The molecular weight excluding hydrogens is 472 g/mol. The minimum absolute atomic E-state index is 0.183. The smallest absolute Gasteiger partial charge is 0.255 e. The molecule has 0 radical (unpaired) electrons. The molecule has 2 N–H and O–H groups in total. The van der Waals surface area contributed by atoms with Gasteiger partial charge in [0.25, 0.3) is 5.91 Å². The molecule has 0 saturated heterocycles. The van der Waals surface area contributed by atoms with Crippen molar-refractivity contribution in [1.82, 2.24) is 0 Å². The van der Waals surface area contributed by atoms with E-state index in [4.69, 9.17) is 18.9 Å². The van der Waals surface area contributed by atoms with Crippen molar-refractivity contribution in [3.8, 4) is 23.0 Å². The number of benzene rings is 3. The summed E-state index contributed by atoms with van der Waals surface area (Å²) in [6.07, 6.45) is 0.765. The topological polar surface area (TPSA) is 95.1 Å². The molecule has 196 valence electrons. The zero-order valence-electron chi connectivity index (χ0n) is 21.8. The fourth-order valence-corrected chi connectivity index (χ4v) is 3.70. The van der Waals surface area contributed by atoms with Crippen LogP contribution in [-0.2, 0) is 11.2 Å². The minimum Gasteiger partial charge on any atom is -0.493 e. The second-order valence-electron chi connectivity index (χ2n) is 8.00. The molecule has 3 aromatic carbocycles. The van der Waals surface area contributed by atoms with Gasteiger partial charge in [0.15, 0.2) is 11.5 Å². The maximum atomic E-state index is 12.8. The van der Waals surface area contributed by atoms with Gasteiger partial charge in [-0.1, -0.05) is 24.3 Å². The average Bonchev–Trinajstić information content (AvgIpc) is 2.91. The van der Waals surface area contributed by atoms with E-state index in [9.17, 15) is 9.59 Å². The highest BCUT2D eigenvalue weighted by atomic mass is 16.5. The zero-order valence-corrected chi connectivity index (χ0v) is 21.8. The van der Waals surface area contributed by atoms with Gasteiger partial charge in [0.1, 0.15) is 11.5 Å². The molecule has 0 spiro atoms. The molecule has 3 aromatic rings. The van der Waals surface area contributed by atoms with Crippen LogP contribution in [0.1, 0.15) is 43.1 Å². The largest absolute Gasteiger partial charge is 0.493 e. The Labute approximate surface area is 217 Å². The van der Waals surface area contributed by atoms with Gasteiger partial charge in [-0.25, -0.2) is 0 Å². The molecule has 0 unspecified atom stereocenters. The van der Waals surface area contributed by atoms with E-state index in [0.717, 1.165) is 5.56 Å². The van der Waals surface area contributed by atoms with E-state index < -0.39 is 0 Å². The van der Waals surface area contributed by atoms with Crippen molar-refractivity contribution in [2.24, 2.45) is 0 Å². The van der Waals surface area contributed by atoms with Gasteiger partial charge in [0, 0.05) is 24.1 Å². The van der Waals surface area contributed by atoms with E-state index in [1.165, 1.54) is 0 Å². The van der Waals surface area contributed by atoms with Gasteiger partial charge in [0.2, 0.25) is 5.91 Å². The van der Waals surface area contributed by atoms with Crippen molar-refractivity contribution in [3.63, 3.8) is 0 Å².